The molecule has 1 aliphatic rings. The number of methoxy groups -OCH3 is 1. The van der Waals surface area contributed by atoms with Crippen molar-refractivity contribution in [2.75, 3.05) is 25.1 Å². The first-order chi connectivity index (χ1) is 9.45. The van der Waals surface area contributed by atoms with Crippen molar-refractivity contribution in [2.24, 2.45) is 0 Å². The highest BCUT2D eigenvalue weighted by Crippen LogP contribution is 2.27. The number of ketones is 1. The Bertz CT molecular complexity index is 524. The Morgan fingerprint density at radius 2 is 2.15 bits per heavy atom. The van der Waals surface area contributed by atoms with Gasteiger partial charge in [0.25, 0.3) is 0 Å². The van der Waals surface area contributed by atoms with Crippen LogP contribution in [0.5, 0.6) is 0 Å². The average Bonchev–Trinajstić information content (AvgIpc) is 2.58. The number of nitrogens with zero attached hydrogens (tertiary/aromatic N) is 1. The van der Waals surface area contributed by atoms with Crippen LogP contribution in [0.2, 0.25) is 0 Å². The summed E-state index contributed by atoms with van der Waals surface area (Å²) in [6, 6.07) is 7.28. The van der Waals surface area contributed by atoms with Crippen molar-refractivity contribution in [3.8, 4) is 0 Å². The quantitative estimate of drug-likeness (QED) is 0.846. The zero-order valence-corrected chi connectivity index (χ0v) is 11.8. The van der Waals surface area contributed by atoms with Gasteiger partial charge in [-0.3, -0.25) is 4.79 Å². The molecule has 0 aromatic heterocycles. The fourth-order valence-electron chi connectivity index (χ4n) is 2.49. The SMILES string of the molecule is COC(=O)C(C)(O)CN1CCCC(=O)c2ccccc21. The Hall–Kier alpha value is -1.88. The topological polar surface area (TPSA) is 66.8 Å². The molecule has 1 N–H and O–H groups in total. The second-order valence-electron chi connectivity index (χ2n) is 5.23. The molecule has 0 saturated heterocycles. The second-order valence-corrected chi connectivity index (χ2v) is 5.23. The predicted octanol–water partition coefficient (Wildman–Crippen LogP) is 1.39. The van der Waals surface area contributed by atoms with Gasteiger partial charge in [-0.05, 0) is 25.5 Å². The molecule has 5 heteroatoms. The molecule has 0 radical (unpaired) electrons. The van der Waals surface area contributed by atoms with E-state index in [0.717, 1.165) is 5.69 Å². The van der Waals surface area contributed by atoms with Crippen LogP contribution in [-0.2, 0) is 9.53 Å². The largest absolute Gasteiger partial charge is 0.467 e. The molecule has 0 spiro atoms. The predicted molar refractivity (Wildman–Crippen MR) is 74.9 cm³/mol. The van der Waals surface area contributed by atoms with E-state index in [2.05, 4.69) is 4.74 Å². The van der Waals surface area contributed by atoms with Crippen LogP contribution < -0.4 is 4.90 Å². The molecule has 108 valence electrons. The van der Waals surface area contributed by atoms with Gasteiger partial charge in [-0.2, -0.15) is 0 Å². The highest BCUT2D eigenvalue weighted by molar-refractivity contribution is 6.02. The molecule has 0 bridgehead atoms. The van der Waals surface area contributed by atoms with E-state index in [1.807, 2.05) is 23.1 Å². The number of β-amino-alcohol motifs (C(OH)–C–C–N with tert-alkyl or cyclic N) is 1. The number of carbonyl (C=O) groups excluding carboxylic acids is 2. The maximum absolute atomic E-state index is 12.0. The van der Waals surface area contributed by atoms with Gasteiger partial charge in [0.05, 0.1) is 13.7 Å². The minimum atomic E-state index is -1.60. The Morgan fingerprint density at radius 1 is 1.45 bits per heavy atom. The summed E-state index contributed by atoms with van der Waals surface area (Å²) in [6.07, 6.45) is 1.18. The molecule has 20 heavy (non-hydrogen) atoms. The first-order valence-electron chi connectivity index (χ1n) is 6.63. The number of aliphatic hydroxyl groups is 1. The number of para-hydroxylation sites is 1. The van der Waals surface area contributed by atoms with E-state index in [4.69, 9.17) is 0 Å². The molecule has 1 heterocycles. The van der Waals surface area contributed by atoms with Crippen LogP contribution in [0.1, 0.15) is 30.1 Å². The number of benzene rings is 1. The van der Waals surface area contributed by atoms with Crippen molar-refractivity contribution >= 4 is 17.4 Å². The van der Waals surface area contributed by atoms with Gasteiger partial charge in [0.2, 0.25) is 0 Å². The van der Waals surface area contributed by atoms with Crippen molar-refractivity contribution in [3.63, 3.8) is 0 Å². The minimum absolute atomic E-state index is 0.0980. The summed E-state index contributed by atoms with van der Waals surface area (Å²) in [5, 5.41) is 10.2. The summed E-state index contributed by atoms with van der Waals surface area (Å²) in [6.45, 7) is 2.15. The Kier molecular flexibility index (Phi) is 4.09. The number of esters is 1. The number of fused-ring (bicyclic) bond motifs is 1. The number of hydrogen-bond donors (Lipinski definition) is 1. The van der Waals surface area contributed by atoms with Gasteiger partial charge in [0, 0.05) is 24.2 Å². The normalized spacial score (nSPS) is 17.9. The molecule has 1 atom stereocenters. The van der Waals surface area contributed by atoms with Crippen LogP contribution in [0.15, 0.2) is 24.3 Å². The van der Waals surface area contributed by atoms with E-state index in [0.29, 0.717) is 24.9 Å². The number of hydrogen-bond acceptors (Lipinski definition) is 5. The van der Waals surface area contributed by atoms with Crippen LogP contribution >= 0.6 is 0 Å². The molecule has 1 unspecified atom stereocenters. The monoisotopic (exact) mass is 277 g/mol. The Balaban J connectivity index is 2.31. The van der Waals surface area contributed by atoms with Gasteiger partial charge in [-0.25, -0.2) is 4.79 Å². The molecular weight excluding hydrogens is 258 g/mol. The standard InChI is InChI=1S/C15H19NO4/c1-15(19,14(18)20-2)10-16-9-5-8-13(17)11-6-3-4-7-12(11)16/h3-4,6-7,19H,5,8-10H2,1-2H3. The third-order valence-electron chi connectivity index (χ3n) is 3.50. The average molecular weight is 277 g/mol. The third kappa shape index (κ3) is 2.82. The molecule has 1 aromatic rings. The van der Waals surface area contributed by atoms with E-state index in [1.54, 1.807) is 6.07 Å². The minimum Gasteiger partial charge on any atom is -0.467 e. The smallest absolute Gasteiger partial charge is 0.339 e. The highest BCUT2D eigenvalue weighted by Gasteiger charge is 2.35. The van der Waals surface area contributed by atoms with Gasteiger partial charge in [-0.1, -0.05) is 12.1 Å². The highest BCUT2D eigenvalue weighted by atomic mass is 16.5. The van der Waals surface area contributed by atoms with Crippen molar-refractivity contribution < 1.29 is 19.4 Å². The number of rotatable bonds is 3. The first kappa shape index (κ1) is 14.5. The molecule has 0 saturated carbocycles. The summed E-state index contributed by atoms with van der Waals surface area (Å²) in [7, 11) is 1.25. The van der Waals surface area contributed by atoms with Crippen molar-refractivity contribution in [3.05, 3.63) is 29.8 Å². The summed E-state index contributed by atoms with van der Waals surface area (Å²) in [5.74, 6) is -0.577. The molecule has 1 aliphatic heterocycles. The van der Waals surface area contributed by atoms with Crippen LogP contribution in [0.4, 0.5) is 5.69 Å². The first-order valence-corrected chi connectivity index (χ1v) is 6.63. The summed E-state index contributed by atoms with van der Waals surface area (Å²) < 4.78 is 4.61. The van der Waals surface area contributed by atoms with Crippen LogP contribution in [0, 0.1) is 0 Å². The van der Waals surface area contributed by atoms with E-state index in [1.165, 1.54) is 14.0 Å². The molecular formula is C15H19NO4. The molecule has 0 aliphatic carbocycles. The summed E-state index contributed by atoms with van der Waals surface area (Å²) in [5.41, 5.74) is -0.195. The van der Waals surface area contributed by atoms with Gasteiger partial charge < -0.3 is 14.7 Å². The lowest BCUT2D eigenvalue weighted by Crippen LogP contribution is -2.47. The van der Waals surface area contributed by atoms with Crippen LogP contribution in [0.3, 0.4) is 0 Å². The summed E-state index contributed by atoms with van der Waals surface area (Å²) >= 11 is 0. The third-order valence-corrected chi connectivity index (χ3v) is 3.50. The Morgan fingerprint density at radius 3 is 2.85 bits per heavy atom. The maximum Gasteiger partial charge on any atom is 0.339 e. The molecule has 1 aromatic carbocycles. The van der Waals surface area contributed by atoms with Gasteiger partial charge in [-0.15, -0.1) is 0 Å². The van der Waals surface area contributed by atoms with Gasteiger partial charge in [0.15, 0.2) is 11.4 Å². The van der Waals surface area contributed by atoms with Crippen molar-refractivity contribution in [2.45, 2.75) is 25.4 Å². The lowest BCUT2D eigenvalue weighted by Gasteiger charge is -2.31. The number of Topliss-reactive ketones (excluding diaryl/α,β-unsaturated/α-hetero) is 1. The second kappa shape index (κ2) is 5.63. The van der Waals surface area contributed by atoms with E-state index in [-0.39, 0.29) is 12.3 Å². The maximum atomic E-state index is 12.0. The van der Waals surface area contributed by atoms with Crippen LogP contribution in [-0.4, -0.2) is 42.7 Å². The number of carbonyl (C=O) groups is 2. The summed E-state index contributed by atoms with van der Waals surface area (Å²) in [4.78, 5) is 25.5. The Labute approximate surface area is 118 Å². The van der Waals surface area contributed by atoms with Crippen molar-refractivity contribution in [1.29, 1.82) is 0 Å². The molecule has 0 fully saturated rings. The van der Waals surface area contributed by atoms with Crippen molar-refractivity contribution in [1.82, 2.24) is 0 Å². The number of anilines is 1. The number of ether oxygens (including phenoxy) is 1. The van der Waals surface area contributed by atoms with E-state index >= 15 is 0 Å². The van der Waals surface area contributed by atoms with Gasteiger partial charge in [0.1, 0.15) is 0 Å². The van der Waals surface area contributed by atoms with Gasteiger partial charge >= 0.3 is 5.97 Å². The lowest BCUT2D eigenvalue weighted by molar-refractivity contribution is -0.159. The fraction of sp³-hybridized carbons (Fsp3) is 0.467. The fourth-order valence-corrected chi connectivity index (χ4v) is 2.49. The molecule has 0 amide bonds. The molecule has 5 nitrogen and oxygen atoms in total. The lowest BCUT2D eigenvalue weighted by atomic mass is 10.0. The zero-order valence-electron chi connectivity index (χ0n) is 11.8. The molecule has 2 rings (SSSR count). The van der Waals surface area contributed by atoms with E-state index in [9.17, 15) is 14.7 Å². The van der Waals surface area contributed by atoms with E-state index < -0.39 is 11.6 Å². The zero-order chi connectivity index (χ0) is 14.8. The van der Waals surface area contributed by atoms with Crippen LogP contribution in [0.25, 0.3) is 0 Å².